The second-order valence-electron chi connectivity index (χ2n) is 3.35. The molecule has 0 aromatic heterocycles. The molecule has 0 aromatic rings. The molecule has 2 unspecified atom stereocenters. The van der Waals surface area contributed by atoms with Crippen LogP contribution >= 0.6 is 0 Å². The number of rotatable bonds is 2. The number of Topliss-reactive ketones (excluding diaryl/α,β-unsaturated/α-hetero) is 1. The fraction of sp³-hybridized carbons (Fsp3) is 0.700. The summed E-state index contributed by atoms with van der Waals surface area (Å²) in [5.74, 6) is 1.30. The van der Waals surface area contributed by atoms with Crippen LogP contribution in [0.15, 0.2) is 12.2 Å². The van der Waals surface area contributed by atoms with Crippen molar-refractivity contribution in [2.24, 2.45) is 11.8 Å². The van der Waals surface area contributed by atoms with Crippen molar-refractivity contribution in [3.05, 3.63) is 12.2 Å². The highest BCUT2D eigenvalue weighted by molar-refractivity contribution is 5.81. The SMILES string of the molecule is CCC(=O)C1CC=CCC1C. The lowest BCUT2D eigenvalue weighted by atomic mass is 9.81. The molecule has 0 fully saturated rings. The Morgan fingerprint density at radius 2 is 2.09 bits per heavy atom. The summed E-state index contributed by atoms with van der Waals surface area (Å²) in [7, 11) is 0. The summed E-state index contributed by atoms with van der Waals surface area (Å²) < 4.78 is 0. The van der Waals surface area contributed by atoms with Crippen molar-refractivity contribution in [2.75, 3.05) is 0 Å². The molecule has 11 heavy (non-hydrogen) atoms. The molecule has 62 valence electrons. The molecule has 0 aromatic carbocycles. The fourth-order valence-electron chi connectivity index (χ4n) is 1.66. The minimum absolute atomic E-state index is 0.310. The van der Waals surface area contributed by atoms with E-state index in [4.69, 9.17) is 0 Å². The number of carbonyl (C=O) groups is 1. The van der Waals surface area contributed by atoms with Crippen molar-refractivity contribution in [3.63, 3.8) is 0 Å². The predicted molar refractivity (Wildman–Crippen MR) is 46.3 cm³/mol. The Bertz CT molecular complexity index is 170. The van der Waals surface area contributed by atoms with Gasteiger partial charge in [-0.05, 0) is 18.8 Å². The maximum absolute atomic E-state index is 11.3. The van der Waals surface area contributed by atoms with Crippen LogP contribution in [0.1, 0.15) is 33.1 Å². The largest absolute Gasteiger partial charge is 0.299 e. The molecular formula is C10H16O. The monoisotopic (exact) mass is 152 g/mol. The lowest BCUT2D eigenvalue weighted by Crippen LogP contribution is -2.22. The van der Waals surface area contributed by atoms with Gasteiger partial charge in [-0.2, -0.15) is 0 Å². The average molecular weight is 152 g/mol. The Hall–Kier alpha value is -0.590. The van der Waals surface area contributed by atoms with Gasteiger partial charge in [0, 0.05) is 12.3 Å². The van der Waals surface area contributed by atoms with Gasteiger partial charge < -0.3 is 0 Å². The van der Waals surface area contributed by atoms with Crippen molar-refractivity contribution in [2.45, 2.75) is 33.1 Å². The predicted octanol–water partition coefficient (Wildman–Crippen LogP) is 2.57. The molecule has 0 aliphatic heterocycles. The summed E-state index contributed by atoms with van der Waals surface area (Å²) in [6, 6.07) is 0. The quantitative estimate of drug-likeness (QED) is 0.556. The summed E-state index contributed by atoms with van der Waals surface area (Å²) in [4.78, 5) is 11.3. The van der Waals surface area contributed by atoms with Gasteiger partial charge in [0.2, 0.25) is 0 Å². The number of carbonyl (C=O) groups excluding carboxylic acids is 1. The van der Waals surface area contributed by atoms with Gasteiger partial charge in [-0.25, -0.2) is 0 Å². The molecule has 1 aliphatic carbocycles. The number of allylic oxidation sites excluding steroid dienone is 2. The summed E-state index contributed by atoms with van der Waals surface area (Å²) in [6.45, 7) is 4.12. The zero-order chi connectivity index (χ0) is 8.27. The lowest BCUT2D eigenvalue weighted by Gasteiger charge is -2.23. The van der Waals surface area contributed by atoms with Crippen molar-refractivity contribution in [1.29, 1.82) is 0 Å². The fourth-order valence-corrected chi connectivity index (χ4v) is 1.66. The van der Waals surface area contributed by atoms with E-state index in [0.29, 0.717) is 24.0 Å². The van der Waals surface area contributed by atoms with Gasteiger partial charge in [0.05, 0.1) is 0 Å². The number of hydrogen-bond acceptors (Lipinski definition) is 1. The topological polar surface area (TPSA) is 17.1 Å². The van der Waals surface area contributed by atoms with Crippen molar-refractivity contribution >= 4 is 5.78 Å². The van der Waals surface area contributed by atoms with E-state index in [9.17, 15) is 4.79 Å². The van der Waals surface area contributed by atoms with Crippen LogP contribution in [-0.4, -0.2) is 5.78 Å². The van der Waals surface area contributed by atoms with Gasteiger partial charge in [0.25, 0.3) is 0 Å². The third-order valence-electron chi connectivity index (χ3n) is 2.51. The second kappa shape index (κ2) is 3.70. The third kappa shape index (κ3) is 1.92. The molecular weight excluding hydrogens is 136 g/mol. The summed E-state index contributed by atoms with van der Waals surface area (Å²) in [5.41, 5.74) is 0. The average Bonchev–Trinajstić information content (AvgIpc) is 2.04. The molecule has 0 amide bonds. The molecule has 1 nitrogen and oxygen atoms in total. The number of hydrogen-bond donors (Lipinski definition) is 0. The maximum Gasteiger partial charge on any atom is 0.136 e. The third-order valence-corrected chi connectivity index (χ3v) is 2.51. The summed E-state index contributed by atoms with van der Waals surface area (Å²) in [6.07, 6.45) is 7.06. The minimum Gasteiger partial charge on any atom is -0.299 e. The van der Waals surface area contributed by atoms with Gasteiger partial charge in [-0.3, -0.25) is 4.79 Å². The zero-order valence-corrected chi connectivity index (χ0v) is 7.34. The maximum atomic E-state index is 11.3. The van der Waals surface area contributed by atoms with E-state index >= 15 is 0 Å². The van der Waals surface area contributed by atoms with Crippen LogP contribution in [0.3, 0.4) is 0 Å². The van der Waals surface area contributed by atoms with E-state index < -0.39 is 0 Å². The Morgan fingerprint density at radius 1 is 1.45 bits per heavy atom. The van der Waals surface area contributed by atoms with Gasteiger partial charge in [-0.1, -0.05) is 26.0 Å². The van der Waals surface area contributed by atoms with E-state index in [1.165, 1.54) is 0 Å². The van der Waals surface area contributed by atoms with E-state index in [1.54, 1.807) is 0 Å². The molecule has 1 aliphatic rings. The molecule has 0 bridgehead atoms. The molecule has 0 saturated carbocycles. The first-order valence-electron chi connectivity index (χ1n) is 4.43. The molecule has 0 spiro atoms. The summed E-state index contributed by atoms with van der Waals surface area (Å²) >= 11 is 0. The van der Waals surface area contributed by atoms with Gasteiger partial charge in [0.1, 0.15) is 5.78 Å². The Labute approximate surface area is 68.5 Å². The highest BCUT2D eigenvalue weighted by atomic mass is 16.1. The first-order valence-corrected chi connectivity index (χ1v) is 4.43. The zero-order valence-electron chi connectivity index (χ0n) is 7.34. The van der Waals surface area contributed by atoms with Gasteiger partial charge >= 0.3 is 0 Å². The van der Waals surface area contributed by atoms with E-state index in [0.717, 1.165) is 12.8 Å². The molecule has 0 radical (unpaired) electrons. The van der Waals surface area contributed by atoms with Crippen LogP contribution in [0.5, 0.6) is 0 Å². The van der Waals surface area contributed by atoms with Crippen molar-refractivity contribution < 1.29 is 4.79 Å². The van der Waals surface area contributed by atoms with Crippen LogP contribution in [0.25, 0.3) is 0 Å². The first kappa shape index (κ1) is 8.51. The van der Waals surface area contributed by atoms with Crippen LogP contribution in [0.4, 0.5) is 0 Å². The smallest absolute Gasteiger partial charge is 0.136 e. The van der Waals surface area contributed by atoms with E-state index in [-0.39, 0.29) is 0 Å². The first-order chi connectivity index (χ1) is 5.25. The van der Waals surface area contributed by atoms with Crippen molar-refractivity contribution in [1.82, 2.24) is 0 Å². The molecule has 2 atom stereocenters. The highest BCUT2D eigenvalue weighted by Gasteiger charge is 2.23. The Morgan fingerprint density at radius 3 is 2.64 bits per heavy atom. The van der Waals surface area contributed by atoms with Crippen molar-refractivity contribution in [3.8, 4) is 0 Å². The Balaban J connectivity index is 2.56. The molecule has 0 saturated heterocycles. The number of ketones is 1. The van der Waals surface area contributed by atoms with Crippen LogP contribution in [0, 0.1) is 11.8 Å². The van der Waals surface area contributed by atoms with Gasteiger partial charge in [0.15, 0.2) is 0 Å². The standard InChI is InChI=1S/C10H16O/c1-3-10(11)9-7-5-4-6-8(9)2/h4-5,8-9H,3,6-7H2,1-2H3. The van der Waals surface area contributed by atoms with Crippen LogP contribution < -0.4 is 0 Å². The molecule has 0 heterocycles. The van der Waals surface area contributed by atoms with E-state index in [2.05, 4.69) is 19.1 Å². The molecule has 1 heteroatoms. The van der Waals surface area contributed by atoms with Crippen LogP contribution in [-0.2, 0) is 4.79 Å². The molecule has 0 N–H and O–H groups in total. The van der Waals surface area contributed by atoms with E-state index in [1.807, 2.05) is 6.92 Å². The normalized spacial score (nSPS) is 30.4. The molecule has 1 rings (SSSR count). The lowest BCUT2D eigenvalue weighted by molar-refractivity contribution is -0.124. The Kier molecular flexibility index (Phi) is 2.86. The van der Waals surface area contributed by atoms with Gasteiger partial charge in [-0.15, -0.1) is 0 Å². The van der Waals surface area contributed by atoms with Crippen LogP contribution in [0.2, 0.25) is 0 Å². The highest BCUT2D eigenvalue weighted by Crippen LogP contribution is 2.26. The minimum atomic E-state index is 0.310. The second-order valence-corrected chi connectivity index (χ2v) is 3.35. The summed E-state index contributed by atoms with van der Waals surface area (Å²) in [5, 5.41) is 0.